The summed E-state index contributed by atoms with van der Waals surface area (Å²) in [5.41, 5.74) is 0.565. The normalized spacial score (nSPS) is 10.4. The van der Waals surface area contributed by atoms with Gasteiger partial charge >= 0.3 is 0 Å². The molecule has 0 bridgehead atoms. The van der Waals surface area contributed by atoms with E-state index in [9.17, 15) is 9.59 Å². The monoisotopic (exact) mass is 248 g/mol. The second-order valence-corrected chi connectivity index (χ2v) is 4.58. The van der Waals surface area contributed by atoms with E-state index in [4.69, 9.17) is 4.74 Å². The first kappa shape index (κ1) is 14.4. The molecule has 0 unspecified atom stereocenters. The Morgan fingerprint density at radius 1 is 1.17 bits per heavy atom. The van der Waals surface area contributed by atoms with Gasteiger partial charge in [-0.05, 0) is 44.5 Å². The zero-order valence-corrected chi connectivity index (χ0v) is 11.2. The van der Waals surface area contributed by atoms with Crippen molar-refractivity contribution < 1.29 is 14.3 Å². The molecular weight excluding hydrogens is 228 g/mol. The molecule has 0 aliphatic heterocycles. The van der Waals surface area contributed by atoms with Crippen molar-refractivity contribution in [3.8, 4) is 5.75 Å². The maximum absolute atomic E-state index is 11.8. The van der Waals surface area contributed by atoms with Gasteiger partial charge in [0.05, 0.1) is 12.5 Å². The number of hydrogen-bond donors (Lipinski definition) is 0. The summed E-state index contributed by atoms with van der Waals surface area (Å²) < 4.78 is 5.49. The van der Waals surface area contributed by atoms with E-state index in [1.165, 1.54) is 0 Å². The molecule has 1 rings (SSSR count). The number of benzene rings is 1. The summed E-state index contributed by atoms with van der Waals surface area (Å²) in [5, 5.41) is 0. The quantitative estimate of drug-likeness (QED) is 0.548. The Morgan fingerprint density at radius 3 is 2.28 bits per heavy atom. The standard InChI is InChI=1S/C15H20O3/c1-4-5-13(16)10-15(17)12-6-8-14(9-7-12)18-11(2)3/h6-9,11H,4-5,10H2,1-3H3. The van der Waals surface area contributed by atoms with Crippen molar-refractivity contribution in [1.82, 2.24) is 0 Å². The summed E-state index contributed by atoms with van der Waals surface area (Å²) in [6.07, 6.45) is 1.36. The molecule has 0 spiro atoms. The molecule has 98 valence electrons. The molecule has 0 radical (unpaired) electrons. The lowest BCUT2D eigenvalue weighted by atomic mass is 10.0. The summed E-state index contributed by atoms with van der Waals surface area (Å²) in [5.74, 6) is 0.621. The third-order valence-electron chi connectivity index (χ3n) is 2.43. The first-order valence-corrected chi connectivity index (χ1v) is 6.34. The van der Waals surface area contributed by atoms with Gasteiger partial charge in [-0.15, -0.1) is 0 Å². The Hall–Kier alpha value is -1.64. The van der Waals surface area contributed by atoms with Crippen LogP contribution in [0.3, 0.4) is 0 Å². The van der Waals surface area contributed by atoms with Crippen LogP contribution in [-0.2, 0) is 4.79 Å². The summed E-state index contributed by atoms with van der Waals surface area (Å²) in [4.78, 5) is 23.2. The maximum atomic E-state index is 11.8. The lowest BCUT2D eigenvalue weighted by molar-refractivity contribution is -0.118. The third-order valence-corrected chi connectivity index (χ3v) is 2.43. The van der Waals surface area contributed by atoms with E-state index in [-0.39, 0.29) is 24.1 Å². The zero-order valence-electron chi connectivity index (χ0n) is 11.2. The molecule has 0 saturated carbocycles. The minimum Gasteiger partial charge on any atom is -0.491 e. The number of ketones is 2. The van der Waals surface area contributed by atoms with Gasteiger partial charge in [-0.3, -0.25) is 9.59 Å². The Bertz CT molecular complexity index is 404. The van der Waals surface area contributed by atoms with Crippen molar-refractivity contribution in [2.75, 3.05) is 0 Å². The van der Waals surface area contributed by atoms with Crippen molar-refractivity contribution in [2.45, 2.75) is 46.1 Å². The molecule has 3 heteroatoms. The number of Topliss-reactive ketones (excluding diaryl/α,β-unsaturated/α-hetero) is 2. The molecule has 0 aliphatic rings. The van der Waals surface area contributed by atoms with Gasteiger partial charge in [-0.25, -0.2) is 0 Å². The van der Waals surface area contributed by atoms with Crippen molar-refractivity contribution >= 4 is 11.6 Å². The van der Waals surface area contributed by atoms with E-state index in [2.05, 4.69) is 0 Å². The maximum Gasteiger partial charge on any atom is 0.170 e. The van der Waals surface area contributed by atoms with Crippen molar-refractivity contribution in [2.24, 2.45) is 0 Å². The molecule has 3 nitrogen and oxygen atoms in total. The molecule has 0 aromatic heterocycles. The second kappa shape index (κ2) is 6.94. The SMILES string of the molecule is CCCC(=O)CC(=O)c1ccc(OC(C)C)cc1. The van der Waals surface area contributed by atoms with Gasteiger partial charge in [-0.1, -0.05) is 6.92 Å². The molecule has 0 atom stereocenters. The van der Waals surface area contributed by atoms with Crippen LogP contribution in [0.15, 0.2) is 24.3 Å². The van der Waals surface area contributed by atoms with E-state index >= 15 is 0 Å². The van der Waals surface area contributed by atoms with Gasteiger partial charge in [0.15, 0.2) is 5.78 Å². The molecule has 0 saturated heterocycles. The molecule has 0 aliphatic carbocycles. The van der Waals surface area contributed by atoms with Crippen molar-refractivity contribution in [1.29, 1.82) is 0 Å². The van der Waals surface area contributed by atoms with Crippen LogP contribution in [0.4, 0.5) is 0 Å². The first-order chi connectivity index (χ1) is 8.52. The number of hydrogen-bond acceptors (Lipinski definition) is 3. The molecule has 0 N–H and O–H groups in total. The second-order valence-electron chi connectivity index (χ2n) is 4.58. The van der Waals surface area contributed by atoms with E-state index in [1.54, 1.807) is 24.3 Å². The highest BCUT2D eigenvalue weighted by Gasteiger charge is 2.11. The van der Waals surface area contributed by atoms with Crippen molar-refractivity contribution in [3.05, 3.63) is 29.8 Å². The van der Waals surface area contributed by atoms with Crippen molar-refractivity contribution in [3.63, 3.8) is 0 Å². The van der Waals surface area contributed by atoms with Gasteiger partial charge in [0.2, 0.25) is 0 Å². The largest absolute Gasteiger partial charge is 0.491 e. The first-order valence-electron chi connectivity index (χ1n) is 6.34. The highest BCUT2D eigenvalue weighted by atomic mass is 16.5. The fraction of sp³-hybridized carbons (Fsp3) is 0.467. The van der Waals surface area contributed by atoms with E-state index in [1.807, 2.05) is 20.8 Å². The van der Waals surface area contributed by atoms with Crippen LogP contribution in [0.5, 0.6) is 5.75 Å². The van der Waals surface area contributed by atoms with Crippen LogP contribution in [0.2, 0.25) is 0 Å². The van der Waals surface area contributed by atoms with Crippen LogP contribution in [0.1, 0.15) is 50.4 Å². The number of carbonyl (C=O) groups is 2. The van der Waals surface area contributed by atoms with Crippen LogP contribution in [-0.4, -0.2) is 17.7 Å². The summed E-state index contributed by atoms with van der Waals surface area (Å²) in [7, 11) is 0. The van der Waals surface area contributed by atoms with Crippen LogP contribution < -0.4 is 4.74 Å². The molecule has 1 aromatic carbocycles. The van der Waals surface area contributed by atoms with Gasteiger partial charge in [0.25, 0.3) is 0 Å². The Balaban J connectivity index is 2.61. The fourth-order valence-corrected chi connectivity index (χ4v) is 1.64. The smallest absolute Gasteiger partial charge is 0.170 e. The van der Waals surface area contributed by atoms with Gasteiger partial charge in [-0.2, -0.15) is 0 Å². The molecule has 0 fully saturated rings. The summed E-state index contributed by atoms with van der Waals surface area (Å²) >= 11 is 0. The van der Waals surface area contributed by atoms with Gasteiger partial charge < -0.3 is 4.74 Å². The summed E-state index contributed by atoms with van der Waals surface area (Å²) in [6, 6.07) is 6.94. The van der Waals surface area contributed by atoms with Gasteiger partial charge in [0, 0.05) is 12.0 Å². The van der Waals surface area contributed by atoms with Crippen LogP contribution in [0.25, 0.3) is 0 Å². The van der Waals surface area contributed by atoms with E-state index in [0.717, 1.165) is 12.2 Å². The Labute approximate surface area is 108 Å². The van der Waals surface area contributed by atoms with E-state index < -0.39 is 0 Å². The van der Waals surface area contributed by atoms with E-state index in [0.29, 0.717) is 12.0 Å². The Kier molecular flexibility index (Phi) is 5.56. The van der Waals surface area contributed by atoms with Gasteiger partial charge in [0.1, 0.15) is 11.5 Å². The minimum absolute atomic E-state index is 0.00176. The highest BCUT2D eigenvalue weighted by Crippen LogP contribution is 2.15. The van der Waals surface area contributed by atoms with Crippen LogP contribution in [0, 0.1) is 0 Å². The fourth-order valence-electron chi connectivity index (χ4n) is 1.64. The van der Waals surface area contributed by atoms with Crippen LogP contribution >= 0.6 is 0 Å². The predicted molar refractivity (Wildman–Crippen MR) is 71.1 cm³/mol. The average molecular weight is 248 g/mol. The lowest BCUT2D eigenvalue weighted by Crippen LogP contribution is -2.08. The number of ether oxygens (including phenoxy) is 1. The Morgan fingerprint density at radius 2 is 1.78 bits per heavy atom. The summed E-state index contributed by atoms with van der Waals surface area (Å²) in [6.45, 7) is 5.82. The average Bonchev–Trinajstić information content (AvgIpc) is 2.29. The molecular formula is C15H20O3. The third kappa shape index (κ3) is 4.70. The lowest BCUT2D eigenvalue weighted by Gasteiger charge is -2.09. The molecule has 18 heavy (non-hydrogen) atoms. The number of carbonyl (C=O) groups excluding carboxylic acids is 2. The number of rotatable bonds is 7. The predicted octanol–water partition coefficient (Wildman–Crippen LogP) is 3.42. The minimum atomic E-state index is -0.121. The topological polar surface area (TPSA) is 43.4 Å². The highest BCUT2D eigenvalue weighted by molar-refractivity contribution is 6.07. The molecule has 0 amide bonds. The zero-order chi connectivity index (χ0) is 13.5. The molecule has 0 heterocycles. The molecule has 1 aromatic rings.